The third-order valence-corrected chi connectivity index (χ3v) is 2.95. The van der Waals surface area contributed by atoms with Crippen molar-refractivity contribution in [2.75, 3.05) is 5.75 Å². The molecule has 0 fully saturated rings. The van der Waals surface area contributed by atoms with Crippen molar-refractivity contribution in [1.29, 1.82) is 0 Å². The van der Waals surface area contributed by atoms with Gasteiger partial charge in [0.1, 0.15) is 6.33 Å². The Hall–Kier alpha value is -1.37. The van der Waals surface area contributed by atoms with Gasteiger partial charge in [-0.15, -0.1) is 0 Å². The van der Waals surface area contributed by atoms with Gasteiger partial charge in [-0.05, 0) is 0 Å². The SMILES string of the molecule is O=C(O)CCS(=O)(=O)n1ccnc1. The second-order valence-corrected chi connectivity index (χ2v) is 4.35. The molecular weight excluding hydrogens is 196 g/mol. The zero-order valence-electron chi connectivity index (χ0n) is 6.62. The minimum Gasteiger partial charge on any atom is -0.481 e. The highest BCUT2D eigenvalue weighted by Crippen LogP contribution is 1.98. The summed E-state index contributed by atoms with van der Waals surface area (Å²) < 4.78 is 23.4. The van der Waals surface area contributed by atoms with Gasteiger partial charge in [-0.25, -0.2) is 17.4 Å². The fraction of sp³-hybridized carbons (Fsp3) is 0.333. The Balaban J connectivity index is 2.74. The van der Waals surface area contributed by atoms with Crippen molar-refractivity contribution in [3.05, 3.63) is 18.7 Å². The van der Waals surface area contributed by atoms with Crippen molar-refractivity contribution in [3.63, 3.8) is 0 Å². The fourth-order valence-corrected chi connectivity index (χ4v) is 1.81. The molecule has 0 aliphatic carbocycles. The molecule has 0 aliphatic rings. The van der Waals surface area contributed by atoms with Crippen LogP contribution >= 0.6 is 0 Å². The molecule has 0 atom stereocenters. The lowest BCUT2D eigenvalue weighted by atomic mass is 10.5. The highest BCUT2D eigenvalue weighted by atomic mass is 32.2. The molecule has 0 aliphatic heterocycles. The van der Waals surface area contributed by atoms with Crippen LogP contribution in [0.2, 0.25) is 0 Å². The average molecular weight is 204 g/mol. The lowest BCUT2D eigenvalue weighted by Gasteiger charge is -2.01. The van der Waals surface area contributed by atoms with Crippen molar-refractivity contribution < 1.29 is 18.3 Å². The van der Waals surface area contributed by atoms with E-state index in [0.29, 0.717) is 0 Å². The van der Waals surface area contributed by atoms with Crippen LogP contribution in [0.5, 0.6) is 0 Å². The number of nitrogens with zero attached hydrogens (tertiary/aromatic N) is 2. The molecule has 1 aromatic heterocycles. The summed E-state index contributed by atoms with van der Waals surface area (Å²) in [5.74, 6) is -1.55. The molecular formula is C6H8N2O4S. The number of aliphatic carboxylic acids is 1. The molecule has 1 N–H and O–H groups in total. The highest BCUT2D eigenvalue weighted by molar-refractivity contribution is 7.89. The third kappa shape index (κ3) is 2.55. The Morgan fingerprint density at radius 2 is 2.23 bits per heavy atom. The van der Waals surface area contributed by atoms with Gasteiger partial charge in [0.05, 0.1) is 12.2 Å². The summed E-state index contributed by atoms with van der Waals surface area (Å²) in [5.41, 5.74) is 0. The van der Waals surface area contributed by atoms with Crippen LogP contribution in [-0.2, 0) is 14.8 Å². The molecule has 7 heteroatoms. The molecule has 0 radical (unpaired) electrons. The van der Waals surface area contributed by atoms with Gasteiger partial charge in [0, 0.05) is 12.4 Å². The molecule has 0 unspecified atom stereocenters. The summed E-state index contributed by atoms with van der Waals surface area (Å²) in [7, 11) is -3.54. The molecule has 0 spiro atoms. The van der Waals surface area contributed by atoms with Crippen LogP contribution in [0.25, 0.3) is 0 Å². The first kappa shape index (κ1) is 9.72. The van der Waals surface area contributed by atoms with Crippen molar-refractivity contribution in [3.8, 4) is 0 Å². The second kappa shape index (κ2) is 3.56. The smallest absolute Gasteiger partial charge is 0.304 e. The Morgan fingerprint density at radius 3 is 2.69 bits per heavy atom. The van der Waals surface area contributed by atoms with Crippen molar-refractivity contribution in [1.82, 2.24) is 8.96 Å². The molecule has 6 nitrogen and oxygen atoms in total. The van der Waals surface area contributed by atoms with E-state index in [2.05, 4.69) is 4.98 Å². The molecule has 0 aromatic carbocycles. The van der Waals surface area contributed by atoms with Gasteiger partial charge in [0.2, 0.25) is 10.0 Å². The summed E-state index contributed by atoms with van der Waals surface area (Å²) in [6.07, 6.45) is 3.30. The minimum atomic E-state index is -3.54. The monoisotopic (exact) mass is 204 g/mol. The van der Waals surface area contributed by atoms with Crippen LogP contribution < -0.4 is 0 Å². The van der Waals surface area contributed by atoms with Crippen molar-refractivity contribution in [2.24, 2.45) is 0 Å². The van der Waals surface area contributed by atoms with Gasteiger partial charge in [-0.2, -0.15) is 0 Å². The number of hydrogen-bond acceptors (Lipinski definition) is 4. The molecule has 1 rings (SSSR count). The van der Waals surface area contributed by atoms with E-state index in [9.17, 15) is 13.2 Å². The largest absolute Gasteiger partial charge is 0.481 e. The summed E-state index contributed by atoms with van der Waals surface area (Å²) in [6, 6.07) is 0. The quantitative estimate of drug-likeness (QED) is 0.716. The van der Waals surface area contributed by atoms with E-state index in [0.717, 1.165) is 10.3 Å². The lowest BCUT2D eigenvalue weighted by molar-refractivity contribution is -0.136. The fourth-order valence-electron chi connectivity index (χ4n) is 0.733. The van der Waals surface area contributed by atoms with Crippen LogP contribution in [0.15, 0.2) is 18.7 Å². The molecule has 0 saturated heterocycles. The summed E-state index contributed by atoms with van der Waals surface area (Å²) in [4.78, 5) is 13.7. The number of aromatic nitrogens is 2. The predicted octanol–water partition coefficient (Wildman–Crippen LogP) is -0.464. The Morgan fingerprint density at radius 1 is 1.54 bits per heavy atom. The number of hydrogen-bond donors (Lipinski definition) is 1. The van der Waals surface area contributed by atoms with Crippen molar-refractivity contribution in [2.45, 2.75) is 6.42 Å². The van der Waals surface area contributed by atoms with Crippen LogP contribution in [0, 0.1) is 0 Å². The Bertz CT molecular complexity index is 381. The van der Waals surface area contributed by atoms with Gasteiger partial charge >= 0.3 is 5.97 Å². The highest BCUT2D eigenvalue weighted by Gasteiger charge is 2.13. The molecule has 13 heavy (non-hydrogen) atoms. The van der Waals surface area contributed by atoms with Gasteiger partial charge < -0.3 is 5.11 Å². The zero-order valence-corrected chi connectivity index (χ0v) is 7.44. The van der Waals surface area contributed by atoms with Gasteiger partial charge in [0.15, 0.2) is 0 Å². The van der Waals surface area contributed by atoms with Gasteiger partial charge in [0.25, 0.3) is 0 Å². The number of carboxylic acid groups (broad SMARTS) is 1. The maximum absolute atomic E-state index is 11.3. The topological polar surface area (TPSA) is 89.3 Å². The van der Waals surface area contributed by atoms with Crippen LogP contribution in [0.1, 0.15) is 6.42 Å². The number of imidazole rings is 1. The maximum Gasteiger partial charge on any atom is 0.304 e. The number of carbonyl (C=O) groups is 1. The first-order valence-electron chi connectivity index (χ1n) is 3.45. The van der Waals surface area contributed by atoms with E-state index in [-0.39, 0.29) is 0 Å². The standard InChI is InChI=1S/C6H8N2O4S/c9-6(10)1-4-13(11,12)8-3-2-7-5-8/h2-3,5H,1,4H2,(H,9,10). The van der Waals surface area contributed by atoms with Crippen LogP contribution in [0.3, 0.4) is 0 Å². The number of carboxylic acids is 1. The van der Waals surface area contributed by atoms with Crippen molar-refractivity contribution >= 4 is 16.0 Å². The van der Waals surface area contributed by atoms with E-state index in [4.69, 9.17) is 5.11 Å². The summed E-state index contributed by atoms with van der Waals surface area (Å²) >= 11 is 0. The third-order valence-electron chi connectivity index (χ3n) is 1.38. The first-order chi connectivity index (χ1) is 6.02. The van der Waals surface area contributed by atoms with E-state index < -0.39 is 28.2 Å². The molecule has 0 saturated carbocycles. The molecule has 1 aromatic rings. The molecule has 0 amide bonds. The van der Waals surface area contributed by atoms with Gasteiger partial charge in [-0.1, -0.05) is 0 Å². The van der Waals surface area contributed by atoms with Gasteiger partial charge in [-0.3, -0.25) is 4.79 Å². The van der Waals surface area contributed by atoms with Crippen LogP contribution in [-0.4, -0.2) is 34.2 Å². The van der Waals surface area contributed by atoms with E-state index >= 15 is 0 Å². The van der Waals surface area contributed by atoms with E-state index in [1.807, 2.05) is 0 Å². The Kier molecular flexibility index (Phi) is 2.66. The van der Waals surface area contributed by atoms with Crippen LogP contribution in [0.4, 0.5) is 0 Å². The minimum absolute atomic E-state index is 0.402. The normalized spacial score (nSPS) is 11.4. The average Bonchev–Trinajstić information content (AvgIpc) is 2.53. The maximum atomic E-state index is 11.3. The van der Waals surface area contributed by atoms with E-state index in [1.54, 1.807) is 0 Å². The number of rotatable bonds is 4. The second-order valence-electron chi connectivity index (χ2n) is 2.35. The molecule has 1 heterocycles. The first-order valence-corrected chi connectivity index (χ1v) is 5.06. The summed E-state index contributed by atoms with van der Waals surface area (Å²) in [5, 5.41) is 8.29. The zero-order chi connectivity index (χ0) is 9.90. The molecule has 72 valence electrons. The lowest BCUT2D eigenvalue weighted by Crippen LogP contribution is -2.17. The summed E-state index contributed by atoms with van der Waals surface area (Å²) in [6.45, 7) is 0. The molecule has 0 bridgehead atoms. The predicted molar refractivity (Wildman–Crippen MR) is 43.7 cm³/mol. The Labute approximate surface area is 74.9 Å². The van der Waals surface area contributed by atoms with E-state index in [1.165, 1.54) is 12.4 Å².